The normalized spacial score (nSPS) is 0. The van der Waals surface area contributed by atoms with E-state index in [1.54, 1.807) is 0 Å². The molecule has 0 spiro atoms. The Kier molecular flexibility index (Phi) is 523. The van der Waals surface area contributed by atoms with E-state index in [4.69, 9.17) is 0 Å². The Labute approximate surface area is 52.4 Å². The summed E-state index contributed by atoms with van der Waals surface area (Å²) in [5, 5.41) is 0. The average Bonchev–Trinajstić information content (AvgIpc) is 0. The predicted octanol–water partition coefficient (Wildman–Crippen LogP) is 1.00. The van der Waals surface area contributed by atoms with E-state index in [-0.39, 0.29) is 52.3 Å². The minimum Gasteiger partial charge on any atom is -0.197 e. The molecular formula is C2H10SSn. The first-order chi connectivity index (χ1) is 0. The van der Waals surface area contributed by atoms with Crippen molar-refractivity contribution in [1.82, 2.24) is 0 Å². The standard InChI is InChI=1S/2CH4.H2S.Sn/h2*1H4;1H2;. The molecule has 0 amide bonds. The molecule has 0 heterocycles. The summed E-state index contributed by atoms with van der Waals surface area (Å²) in [5.74, 6) is 0. The number of rotatable bonds is 0. The SMILES string of the molecule is C.C.S.[Sn]. The summed E-state index contributed by atoms with van der Waals surface area (Å²) in [6, 6.07) is 0. The summed E-state index contributed by atoms with van der Waals surface area (Å²) < 4.78 is 0. The van der Waals surface area contributed by atoms with Gasteiger partial charge in [-0.1, -0.05) is 14.9 Å². The minimum atomic E-state index is 0. The first kappa shape index (κ1) is 67.2. The summed E-state index contributed by atoms with van der Waals surface area (Å²) in [6.45, 7) is 0. The third-order valence-electron chi connectivity index (χ3n) is 0. The molecule has 0 saturated carbocycles. The van der Waals surface area contributed by atoms with Crippen LogP contribution in [0.2, 0.25) is 0 Å². The van der Waals surface area contributed by atoms with Crippen LogP contribution in [-0.2, 0) is 0 Å². The van der Waals surface area contributed by atoms with Crippen LogP contribution in [0.25, 0.3) is 0 Å². The molecule has 2 heteroatoms. The van der Waals surface area contributed by atoms with Crippen molar-refractivity contribution in [3.05, 3.63) is 0 Å². The molecule has 0 aromatic heterocycles. The van der Waals surface area contributed by atoms with Gasteiger partial charge in [-0.3, -0.25) is 0 Å². The number of hydrogen-bond donors (Lipinski definition) is 0. The van der Waals surface area contributed by atoms with Crippen molar-refractivity contribution >= 4 is 37.4 Å². The van der Waals surface area contributed by atoms with Crippen LogP contribution in [0.4, 0.5) is 0 Å². The van der Waals surface area contributed by atoms with Gasteiger partial charge in [0.1, 0.15) is 0 Å². The van der Waals surface area contributed by atoms with Crippen LogP contribution in [0.1, 0.15) is 14.9 Å². The Morgan fingerprint density at radius 2 is 0.750 bits per heavy atom. The van der Waals surface area contributed by atoms with Crippen molar-refractivity contribution < 1.29 is 0 Å². The maximum Gasteiger partial charge on any atom is 0 e. The van der Waals surface area contributed by atoms with Gasteiger partial charge in [0, 0.05) is 23.9 Å². The largest absolute Gasteiger partial charge is 0.197 e. The van der Waals surface area contributed by atoms with Gasteiger partial charge >= 0.3 is 0 Å². The zero-order valence-electron chi connectivity index (χ0n) is 1.00. The fourth-order valence-corrected chi connectivity index (χ4v) is 0. The molecule has 0 aliphatic rings. The van der Waals surface area contributed by atoms with Gasteiger partial charge in [0.2, 0.25) is 0 Å². The van der Waals surface area contributed by atoms with Crippen molar-refractivity contribution in [2.75, 3.05) is 0 Å². The second kappa shape index (κ2) is 31.2. The third kappa shape index (κ3) is 11.0. The maximum absolute atomic E-state index is 0. The van der Waals surface area contributed by atoms with Crippen LogP contribution in [-0.4, -0.2) is 23.9 Å². The Morgan fingerprint density at radius 1 is 0.750 bits per heavy atom. The van der Waals surface area contributed by atoms with Gasteiger partial charge in [0.05, 0.1) is 0 Å². The Balaban J connectivity index is 0. The van der Waals surface area contributed by atoms with Gasteiger partial charge in [-0.25, -0.2) is 0 Å². The van der Waals surface area contributed by atoms with Crippen LogP contribution in [0.15, 0.2) is 0 Å². The fourth-order valence-electron chi connectivity index (χ4n) is 0. The molecule has 0 bridgehead atoms. The average molecular weight is 185 g/mol. The molecule has 0 nitrogen and oxygen atoms in total. The van der Waals surface area contributed by atoms with E-state index in [1.165, 1.54) is 0 Å². The van der Waals surface area contributed by atoms with Crippen LogP contribution in [0, 0.1) is 0 Å². The third-order valence-corrected chi connectivity index (χ3v) is 0. The van der Waals surface area contributed by atoms with E-state index in [2.05, 4.69) is 0 Å². The van der Waals surface area contributed by atoms with Gasteiger partial charge < -0.3 is 0 Å². The second-order valence-electron chi connectivity index (χ2n) is 0. The van der Waals surface area contributed by atoms with Crippen molar-refractivity contribution in [3.63, 3.8) is 0 Å². The molecule has 0 N–H and O–H groups in total. The molecular weight excluding hydrogens is 175 g/mol. The first-order valence-electron chi connectivity index (χ1n) is 0. The van der Waals surface area contributed by atoms with Crippen molar-refractivity contribution in [2.45, 2.75) is 14.9 Å². The Morgan fingerprint density at radius 3 is 0.750 bits per heavy atom. The molecule has 0 aromatic rings. The monoisotopic (exact) mass is 186 g/mol. The molecule has 0 rings (SSSR count). The summed E-state index contributed by atoms with van der Waals surface area (Å²) >= 11 is 0. The minimum absolute atomic E-state index is 0. The van der Waals surface area contributed by atoms with Gasteiger partial charge in [-0.05, 0) is 0 Å². The van der Waals surface area contributed by atoms with Gasteiger partial charge in [-0.2, -0.15) is 13.5 Å². The summed E-state index contributed by atoms with van der Waals surface area (Å²) in [4.78, 5) is 0. The molecule has 4 radical (unpaired) electrons. The van der Waals surface area contributed by atoms with E-state index < -0.39 is 0 Å². The zero-order valence-corrected chi connectivity index (χ0v) is 4.85. The van der Waals surface area contributed by atoms with Gasteiger partial charge in [-0.15, -0.1) is 0 Å². The quantitative estimate of drug-likeness (QED) is 0.494. The Hall–Kier alpha value is 1.15. The summed E-state index contributed by atoms with van der Waals surface area (Å²) in [7, 11) is 0. The van der Waals surface area contributed by atoms with Crippen LogP contribution in [0.5, 0.6) is 0 Å². The molecule has 0 fully saturated rings. The molecule has 0 aliphatic heterocycles. The van der Waals surface area contributed by atoms with E-state index in [1.807, 2.05) is 0 Å². The van der Waals surface area contributed by atoms with Gasteiger partial charge in [0.15, 0.2) is 0 Å². The smallest absolute Gasteiger partial charge is 0 e. The van der Waals surface area contributed by atoms with Crippen molar-refractivity contribution in [2.24, 2.45) is 0 Å². The maximum atomic E-state index is 0. The molecule has 0 atom stereocenters. The van der Waals surface area contributed by atoms with Crippen LogP contribution < -0.4 is 0 Å². The molecule has 0 unspecified atom stereocenters. The second-order valence-corrected chi connectivity index (χ2v) is 0. The van der Waals surface area contributed by atoms with E-state index in [9.17, 15) is 0 Å². The summed E-state index contributed by atoms with van der Waals surface area (Å²) in [5.41, 5.74) is 0. The summed E-state index contributed by atoms with van der Waals surface area (Å²) in [6.07, 6.45) is 0. The molecule has 28 valence electrons. The van der Waals surface area contributed by atoms with E-state index in [0.717, 1.165) is 0 Å². The molecule has 0 saturated heterocycles. The van der Waals surface area contributed by atoms with Crippen molar-refractivity contribution in [1.29, 1.82) is 0 Å². The molecule has 0 aromatic carbocycles. The van der Waals surface area contributed by atoms with E-state index >= 15 is 0 Å². The zero-order chi connectivity index (χ0) is 0. The number of hydrogen-bond acceptors (Lipinski definition) is 0. The predicted molar refractivity (Wildman–Crippen MR) is 29.6 cm³/mol. The Bertz CT molecular complexity index is 6.00. The molecule has 4 heavy (non-hydrogen) atoms. The van der Waals surface area contributed by atoms with Crippen LogP contribution >= 0.6 is 13.5 Å². The molecule has 0 aliphatic carbocycles. The van der Waals surface area contributed by atoms with Crippen molar-refractivity contribution in [3.8, 4) is 0 Å². The first-order valence-corrected chi connectivity index (χ1v) is 0. The fraction of sp³-hybridized carbons (Fsp3) is 1.00. The van der Waals surface area contributed by atoms with Crippen LogP contribution in [0.3, 0.4) is 0 Å². The van der Waals surface area contributed by atoms with E-state index in [0.29, 0.717) is 0 Å². The van der Waals surface area contributed by atoms with Gasteiger partial charge in [0.25, 0.3) is 0 Å². The topological polar surface area (TPSA) is 0 Å².